The first-order valence-corrected chi connectivity index (χ1v) is 7.34. The monoisotopic (exact) mass is 327 g/mol. The highest BCUT2D eigenvalue weighted by atomic mass is 32.1. The third-order valence-electron chi connectivity index (χ3n) is 2.82. The molecule has 0 aliphatic rings. The second kappa shape index (κ2) is 7.17. The number of hydrogen-bond donors (Lipinski definition) is 2. The van der Waals surface area contributed by atoms with Gasteiger partial charge in [0.2, 0.25) is 0 Å². The molecule has 0 unspecified atom stereocenters. The standard InChI is InChI=1S/C14H15F2N3O2S/c1-8-7-22-12(18-8)6-17-14(20)19-10-4-3-5-11(9(10)2)21-13(15)16/h3-5,7,13H,6H2,1-2H3,(H2,17,19,20). The molecule has 0 atom stereocenters. The molecule has 2 amide bonds. The van der Waals surface area contributed by atoms with E-state index in [1.807, 2.05) is 12.3 Å². The molecule has 5 nitrogen and oxygen atoms in total. The molecule has 118 valence electrons. The summed E-state index contributed by atoms with van der Waals surface area (Å²) >= 11 is 1.45. The van der Waals surface area contributed by atoms with Gasteiger partial charge in [0, 0.05) is 22.3 Å². The van der Waals surface area contributed by atoms with E-state index in [4.69, 9.17) is 0 Å². The van der Waals surface area contributed by atoms with Crippen LogP contribution in [-0.2, 0) is 6.54 Å². The van der Waals surface area contributed by atoms with Gasteiger partial charge in [-0.1, -0.05) is 6.07 Å². The zero-order valence-electron chi connectivity index (χ0n) is 12.0. The van der Waals surface area contributed by atoms with Crippen LogP contribution in [0.1, 0.15) is 16.3 Å². The van der Waals surface area contributed by atoms with Crippen molar-refractivity contribution in [2.24, 2.45) is 0 Å². The van der Waals surface area contributed by atoms with E-state index in [0.717, 1.165) is 10.7 Å². The van der Waals surface area contributed by atoms with Crippen molar-refractivity contribution >= 4 is 23.1 Å². The molecule has 1 aromatic heterocycles. The fraction of sp³-hybridized carbons (Fsp3) is 0.286. The molecule has 2 N–H and O–H groups in total. The molecule has 0 fully saturated rings. The Bertz CT molecular complexity index is 661. The largest absolute Gasteiger partial charge is 0.434 e. The summed E-state index contributed by atoms with van der Waals surface area (Å²) in [6.45, 7) is 0.863. The van der Waals surface area contributed by atoms with Crippen molar-refractivity contribution in [3.63, 3.8) is 0 Å². The number of nitrogens with zero attached hydrogens (tertiary/aromatic N) is 1. The SMILES string of the molecule is Cc1csc(CNC(=O)Nc2cccc(OC(F)F)c2C)n1. The molecule has 0 saturated heterocycles. The lowest BCUT2D eigenvalue weighted by atomic mass is 10.2. The normalized spacial score (nSPS) is 10.6. The summed E-state index contributed by atoms with van der Waals surface area (Å²) in [5.74, 6) is 0.0309. The van der Waals surface area contributed by atoms with Crippen LogP contribution >= 0.6 is 11.3 Å². The number of ether oxygens (including phenoxy) is 1. The van der Waals surface area contributed by atoms with Crippen molar-refractivity contribution in [2.75, 3.05) is 5.32 Å². The van der Waals surface area contributed by atoms with Crippen molar-refractivity contribution in [3.8, 4) is 5.75 Å². The molecule has 22 heavy (non-hydrogen) atoms. The number of halogens is 2. The number of benzene rings is 1. The Kier molecular flexibility index (Phi) is 5.26. The summed E-state index contributed by atoms with van der Waals surface area (Å²) in [6, 6.07) is 4.12. The number of thiazole rings is 1. The lowest BCUT2D eigenvalue weighted by Crippen LogP contribution is -2.28. The summed E-state index contributed by atoms with van der Waals surface area (Å²) < 4.78 is 28.9. The minimum absolute atomic E-state index is 0.0309. The molecule has 0 saturated carbocycles. The van der Waals surface area contributed by atoms with Crippen molar-refractivity contribution in [2.45, 2.75) is 27.0 Å². The Morgan fingerprint density at radius 3 is 2.82 bits per heavy atom. The summed E-state index contributed by atoms with van der Waals surface area (Å²) in [5, 5.41) is 7.94. The number of amides is 2. The van der Waals surface area contributed by atoms with E-state index in [1.165, 1.54) is 23.5 Å². The zero-order chi connectivity index (χ0) is 16.1. The number of hydrogen-bond acceptors (Lipinski definition) is 4. The molecule has 2 aromatic rings. The number of nitrogens with one attached hydrogen (secondary N) is 2. The lowest BCUT2D eigenvalue weighted by Gasteiger charge is -2.13. The Hall–Kier alpha value is -2.22. The topological polar surface area (TPSA) is 63.2 Å². The van der Waals surface area contributed by atoms with Gasteiger partial charge in [0.05, 0.1) is 6.54 Å². The van der Waals surface area contributed by atoms with Gasteiger partial charge in [-0.3, -0.25) is 0 Å². The van der Waals surface area contributed by atoms with E-state index in [-0.39, 0.29) is 5.75 Å². The van der Waals surface area contributed by atoms with Crippen LogP contribution in [0.4, 0.5) is 19.3 Å². The first kappa shape index (κ1) is 16.2. The summed E-state index contributed by atoms with van der Waals surface area (Å²) in [6.07, 6.45) is 0. The molecule has 1 aromatic carbocycles. The summed E-state index contributed by atoms with van der Waals surface area (Å²) in [7, 11) is 0. The fourth-order valence-corrected chi connectivity index (χ4v) is 2.49. The second-order valence-electron chi connectivity index (χ2n) is 4.50. The number of aryl methyl sites for hydroxylation is 1. The molecule has 1 heterocycles. The smallest absolute Gasteiger partial charge is 0.387 e. The van der Waals surface area contributed by atoms with Crippen LogP contribution in [0.5, 0.6) is 5.75 Å². The van der Waals surface area contributed by atoms with Gasteiger partial charge >= 0.3 is 12.6 Å². The van der Waals surface area contributed by atoms with E-state index in [9.17, 15) is 13.6 Å². The maximum atomic E-state index is 12.3. The van der Waals surface area contributed by atoms with Gasteiger partial charge in [0.25, 0.3) is 0 Å². The summed E-state index contributed by atoms with van der Waals surface area (Å²) in [4.78, 5) is 16.1. The fourth-order valence-electron chi connectivity index (χ4n) is 1.78. The molecule has 0 radical (unpaired) electrons. The number of carbonyl (C=O) groups excluding carboxylic acids is 1. The molecular weight excluding hydrogens is 312 g/mol. The minimum atomic E-state index is -2.91. The highest BCUT2D eigenvalue weighted by Crippen LogP contribution is 2.26. The van der Waals surface area contributed by atoms with Crippen molar-refractivity contribution < 1.29 is 18.3 Å². The van der Waals surface area contributed by atoms with Crippen LogP contribution in [0.3, 0.4) is 0 Å². The van der Waals surface area contributed by atoms with Crippen LogP contribution in [0.15, 0.2) is 23.6 Å². The number of rotatable bonds is 5. The van der Waals surface area contributed by atoms with Crippen LogP contribution in [0, 0.1) is 13.8 Å². The van der Waals surface area contributed by atoms with Gasteiger partial charge in [0.1, 0.15) is 10.8 Å². The lowest BCUT2D eigenvalue weighted by molar-refractivity contribution is -0.0502. The van der Waals surface area contributed by atoms with Gasteiger partial charge < -0.3 is 15.4 Å². The first-order chi connectivity index (χ1) is 10.5. The first-order valence-electron chi connectivity index (χ1n) is 6.46. The van der Waals surface area contributed by atoms with Crippen LogP contribution < -0.4 is 15.4 Å². The highest BCUT2D eigenvalue weighted by Gasteiger charge is 2.12. The van der Waals surface area contributed by atoms with Crippen LogP contribution in [-0.4, -0.2) is 17.6 Å². The number of carbonyl (C=O) groups is 1. The predicted molar refractivity (Wildman–Crippen MR) is 80.5 cm³/mol. The van der Waals surface area contributed by atoms with Gasteiger partial charge in [-0.05, 0) is 26.0 Å². The van der Waals surface area contributed by atoms with Gasteiger partial charge in [-0.25, -0.2) is 9.78 Å². The van der Waals surface area contributed by atoms with E-state index >= 15 is 0 Å². The van der Waals surface area contributed by atoms with E-state index < -0.39 is 12.6 Å². The van der Waals surface area contributed by atoms with E-state index in [1.54, 1.807) is 13.0 Å². The molecule has 8 heteroatoms. The van der Waals surface area contributed by atoms with E-state index in [2.05, 4.69) is 20.4 Å². The number of urea groups is 1. The highest BCUT2D eigenvalue weighted by molar-refractivity contribution is 7.09. The maximum absolute atomic E-state index is 12.3. The van der Waals surface area contributed by atoms with Gasteiger partial charge in [0.15, 0.2) is 0 Å². The molecule has 0 spiro atoms. The molecule has 0 aliphatic carbocycles. The van der Waals surface area contributed by atoms with E-state index in [0.29, 0.717) is 17.8 Å². The Morgan fingerprint density at radius 1 is 1.41 bits per heavy atom. The third-order valence-corrected chi connectivity index (χ3v) is 3.78. The van der Waals surface area contributed by atoms with Crippen molar-refractivity contribution in [1.82, 2.24) is 10.3 Å². The van der Waals surface area contributed by atoms with Crippen molar-refractivity contribution in [3.05, 3.63) is 39.8 Å². The molecule has 2 rings (SSSR count). The predicted octanol–water partition coefficient (Wildman–Crippen LogP) is 3.68. The second-order valence-corrected chi connectivity index (χ2v) is 5.44. The Morgan fingerprint density at radius 2 is 2.18 bits per heavy atom. The van der Waals surface area contributed by atoms with Crippen molar-refractivity contribution in [1.29, 1.82) is 0 Å². The average molecular weight is 327 g/mol. The number of aromatic nitrogens is 1. The Balaban J connectivity index is 1.96. The average Bonchev–Trinajstić information content (AvgIpc) is 2.86. The number of alkyl halides is 2. The molecule has 0 bridgehead atoms. The van der Waals surface area contributed by atoms with Gasteiger partial charge in [-0.15, -0.1) is 11.3 Å². The molecule has 0 aliphatic heterocycles. The van der Waals surface area contributed by atoms with Gasteiger partial charge in [-0.2, -0.15) is 8.78 Å². The zero-order valence-corrected chi connectivity index (χ0v) is 12.8. The number of anilines is 1. The molecular formula is C14H15F2N3O2S. The quantitative estimate of drug-likeness (QED) is 0.880. The van der Waals surface area contributed by atoms with Crippen LogP contribution in [0.2, 0.25) is 0 Å². The third kappa shape index (κ3) is 4.39. The Labute approximate surface area is 130 Å². The van der Waals surface area contributed by atoms with Crippen LogP contribution in [0.25, 0.3) is 0 Å². The minimum Gasteiger partial charge on any atom is -0.434 e. The summed E-state index contributed by atoms with van der Waals surface area (Å²) in [5.41, 5.74) is 1.74. The maximum Gasteiger partial charge on any atom is 0.387 e.